The molecule has 3 nitrogen and oxygen atoms in total. The standard InChI is InChI=1S/C16H15N3/c17-16(15-11-5-2-6-12-15)19-18-13-7-10-14-8-3-1-4-9-14/h1-13H,(H2,17,19). The van der Waals surface area contributed by atoms with Crippen molar-refractivity contribution in [1.82, 2.24) is 0 Å². The number of hydrogen-bond acceptors (Lipinski definition) is 2. The Hall–Kier alpha value is -2.68. The molecule has 0 aliphatic rings. The molecule has 3 heteroatoms. The van der Waals surface area contributed by atoms with Gasteiger partial charge in [-0.05, 0) is 11.6 Å². The highest BCUT2D eigenvalue weighted by Crippen LogP contribution is 2.00. The van der Waals surface area contributed by atoms with Crippen LogP contribution in [-0.4, -0.2) is 12.1 Å². The zero-order valence-electron chi connectivity index (χ0n) is 10.5. The third kappa shape index (κ3) is 4.24. The molecule has 94 valence electrons. The van der Waals surface area contributed by atoms with Crippen molar-refractivity contribution >= 4 is 18.1 Å². The van der Waals surface area contributed by atoms with Crippen LogP contribution in [0.15, 0.2) is 76.9 Å². The topological polar surface area (TPSA) is 50.7 Å². The molecule has 2 N–H and O–H groups in total. The summed E-state index contributed by atoms with van der Waals surface area (Å²) in [6.45, 7) is 0. The summed E-state index contributed by atoms with van der Waals surface area (Å²) in [6, 6.07) is 19.6. The van der Waals surface area contributed by atoms with Crippen LogP contribution in [0.4, 0.5) is 0 Å². The van der Waals surface area contributed by atoms with Gasteiger partial charge in [0, 0.05) is 11.8 Å². The van der Waals surface area contributed by atoms with Gasteiger partial charge >= 0.3 is 0 Å². The average molecular weight is 249 g/mol. The van der Waals surface area contributed by atoms with Gasteiger partial charge in [0.05, 0.1) is 0 Å². The smallest absolute Gasteiger partial charge is 0.153 e. The molecule has 0 bridgehead atoms. The van der Waals surface area contributed by atoms with Gasteiger partial charge in [-0.1, -0.05) is 66.7 Å². The average Bonchev–Trinajstić information content (AvgIpc) is 2.49. The van der Waals surface area contributed by atoms with Gasteiger partial charge in [-0.15, -0.1) is 5.10 Å². The molecule has 19 heavy (non-hydrogen) atoms. The maximum atomic E-state index is 5.80. The molecule has 2 aromatic rings. The van der Waals surface area contributed by atoms with Gasteiger partial charge < -0.3 is 5.73 Å². The molecule has 0 unspecified atom stereocenters. The third-order valence-electron chi connectivity index (χ3n) is 2.48. The number of nitrogens with two attached hydrogens (primary N) is 1. The summed E-state index contributed by atoms with van der Waals surface area (Å²) < 4.78 is 0. The van der Waals surface area contributed by atoms with E-state index in [0.29, 0.717) is 5.84 Å². The molecule has 0 aliphatic heterocycles. The van der Waals surface area contributed by atoms with Crippen LogP contribution in [0, 0.1) is 0 Å². The summed E-state index contributed by atoms with van der Waals surface area (Å²) in [5.74, 6) is 0.407. The minimum atomic E-state index is 0.407. The van der Waals surface area contributed by atoms with Crippen molar-refractivity contribution in [2.24, 2.45) is 15.9 Å². The molecule has 0 radical (unpaired) electrons. The SMILES string of the molecule is NC(=NN=CC=Cc1ccccc1)c1ccccc1. The molecule has 0 amide bonds. The van der Waals surface area contributed by atoms with Crippen molar-refractivity contribution in [1.29, 1.82) is 0 Å². The fourth-order valence-corrected chi connectivity index (χ4v) is 1.52. The van der Waals surface area contributed by atoms with Gasteiger partial charge in [-0.2, -0.15) is 5.10 Å². The number of hydrogen-bond donors (Lipinski definition) is 1. The lowest BCUT2D eigenvalue weighted by Gasteiger charge is -1.95. The van der Waals surface area contributed by atoms with Gasteiger partial charge in [0.1, 0.15) is 0 Å². The summed E-state index contributed by atoms with van der Waals surface area (Å²) in [5, 5.41) is 7.85. The summed E-state index contributed by atoms with van der Waals surface area (Å²) in [4.78, 5) is 0. The Morgan fingerprint density at radius 3 is 2.21 bits per heavy atom. The normalized spacial score (nSPS) is 12.3. The first-order valence-corrected chi connectivity index (χ1v) is 6.00. The highest BCUT2D eigenvalue weighted by molar-refractivity contribution is 5.97. The van der Waals surface area contributed by atoms with Crippen molar-refractivity contribution in [3.63, 3.8) is 0 Å². The highest BCUT2D eigenvalue weighted by Gasteiger charge is 1.93. The summed E-state index contributed by atoms with van der Waals surface area (Å²) in [7, 11) is 0. The maximum Gasteiger partial charge on any atom is 0.153 e. The van der Waals surface area contributed by atoms with Crippen LogP contribution in [0.3, 0.4) is 0 Å². The minimum absolute atomic E-state index is 0.407. The first kappa shape index (κ1) is 12.8. The molecule has 0 atom stereocenters. The van der Waals surface area contributed by atoms with Gasteiger partial charge in [0.25, 0.3) is 0 Å². The van der Waals surface area contributed by atoms with E-state index in [-0.39, 0.29) is 0 Å². The molecule has 0 saturated heterocycles. The summed E-state index contributed by atoms with van der Waals surface area (Å²) in [5.41, 5.74) is 7.79. The number of benzene rings is 2. The lowest BCUT2D eigenvalue weighted by atomic mass is 10.2. The van der Waals surface area contributed by atoms with Gasteiger partial charge in [0.2, 0.25) is 0 Å². The summed E-state index contributed by atoms with van der Waals surface area (Å²) in [6.07, 6.45) is 5.40. The Morgan fingerprint density at radius 1 is 0.895 bits per heavy atom. The molecule has 2 aromatic carbocycles. The number of allylic oxidation sites excluding steroid dienone is 1. The van der Waals surface area contributed by atoms with Crippen molar-refractivity contribution in [2.45, 2.75) is 0 Å². The Balaban J connectivity index is 1.95. The molecule has 0 aromatic heterocycles. The molecule has 0 fully saturated rings. The zero-order valence-corrected chi connectivity index (χ0v) is 10.5. The van der Waals surface area contributed by atoms with E-state index < -0.39 is 0 Å². The molecule has 0 spiro atoms. The van der Waals surface area contributed by atoms with Gasteiger partial charge in [0.15, 0.2) is 5.84 Å². The minimum Gasteiger partial charge on any atom is -0.382 e. The van der Waals surface area contributed by atoms with Crippen molar-refractivity contribution in [3.8, 4) is 0 Å². The fourth-order valence-electron chi connectivity index (χ4n) is 1.52. The second-order valence-corrected chi connectivity index (χ2v) is 3.89. The van der Waals surface area contributed by atoms with E-state index in [1.54, 1.807) is 6.21 Å². The quantitative estimate of drug-likeness (QED) is 0.505. The monoisotopic (exact) mass is 249 g/mol. The highest BCUT2D eigenvalue weighted by atomic mass is 15.2. The molecular weight excluding hydrogens is 234 g/mol. The van der Waals surface area contributed by atoms with Crippen LogP contribution in [0.5, 0.6) is 0 Å². The van der Waals surface area contributed by atoms with Crippen LogP contribution in [-0.2, 0) is 0 Å². The second-order valence-electron chi connectivity index (χ2n) is 3.89. The van der Waals surface area contributed by atoms with E-state index in [9.17, 15) is 0 Å². The van der Waals surface area contributed by atoms with Crippen LogP contribution in [0.1, 0.15) is 11.1 Å². The van der Waals surface area contributed by atoms with Gasteiger partial charge in [-0.3, -0.25) is 0 Å². The van der Waals surface area contributed by atoms with Crippen LogP contribution < -0.4 is 5.73 Å². The lowest BCUT2D eigenvalue weighted by molar-refractivity contribution is 1.23. The molecule has 0 heterocycles. The van der Waals surface area contributed by atoms with Gasteiger partial charge in [-0.25, -0.2) is 0 Å². The van der Waals surface area contributed by atoms with E-state index >= 15 is 0 Å². The van der Waals surface area contributed by atoms with E-state index in [4.69, 9.17) is 5.73 Å². The molecule has 0 aliphatic carbocycles. The maximum absolute atomic E-state index is 5.80. The molecular formula is C16H15N3. The van der Waals surface area contributed by atoms with E-state index in [0.717, 1.165) is 11.1 Å². The largest absolute Gasteiger partial charge is 0.382 e. The number of nitrogens with zero attached hydrogens (tertiary/aromatic N) is 2. The molecule has 2 rings (SSSR count). The Labute approximate surface area is 112 Å². The van der Waals surface area contributed by atoms with Crippen LogP contribution >= 0.6 is 0 Å². The van der Waals surface area contributed by atoms with E-state index in [1.165, 1.54) is 0 Å². The first-order valence-electron chi connectivity index (χ1n) is 6.00. The summed E-state index contributed by atoms with van der Waals surface area (Å²) >= 11 is 0. The van der Waals surface area contributed by atoms with E-state index in [2.05, 4.69) is 10.2 Å². The second kappa shape index (κ2) is 6.91. The van der Waals surface area contributed by atoms with Crippen LogP contribution in [0.2, 0.25) is 0 Å². The Kier molecular flexibility index (Phi) is 4.64. The predicted molar refractivity (Wildman–Crippen MR) is 81.1 cm³/mol. The van der Waals surface area contributed by atoms with E-state index in [1.807, 2.05) is 72.8 Å². The lowest BCUT2D eigenvalue weighted by Crippen LogP contribution is -2.12. The fraction of sp³-hybridized carbons (Fsp3) is 0. The number of amidine groups is 1. The number of rotatable bonds is 4. The molecule has 0 saturated carbocycles. The van der Waals surface area contributed by atoms with Crippen molar-refractivity contribution in [2.75, 3.05) is 0 Å². The first-order chi connectivity index (χ1) is 9.36. The van der Waals surface area contributed by atoms with Crippen molar-refractivity contribution in [3.05, 3.63) is 77.9 Å². The Morgan fingerprint density at radius 2 is 1.53 bits per heavy atom. The van der Waals surface area contributed by atoms with Crippen LogP contribution in [0.25, 0.3) is 6.08 Å². The van der Waals surface area contributed by atoms with Crippen molar-refractivity contribution < 1.29 is 0 Å². The third-order valence-corrected chi connectivity index (χ3v) is 2.48. The predicted octanol–water partition coefficient (Wildman–Crippen LogP) is 3.09. The zero-order chi connectivity index (χ0) is 13.3. The Bertz CT molecular complexity index is 584.